The van der Waals surface area contributed by atoms with Crippen LogP contribution in [0.3, 0.4) is 0 Å². The van der Waals surface area contributed by atoms with Crippen molar-refractivity contribution in [1.29, 1.82) is 0 Å². The second kappa shape index (κ2) is 7.78. The zero-order valence-corrected chi connectivity index (χ0v) is 14.0. The minimum atomic E-state index is -0.314. The average molecular weight is 334 g/mol. The first-order valence-electron chi connectivity index (χ1n) is 7.08. The summed E-state index contributed by atoms with van der Waals surface area (Å²) in [6.45, 7) is 1.97. The van der Waals surface area contributed by atoms with E-state index in [1.54, 1.807) is 26.4 Å². The molecule has 0 amide bonds. The van der Waals surface area contributed by atoms with Crippen molar-refractivity contribution >= 4 is 23.0 Å². The van der Waals surface area contributed by atoms with Crippen molar-refractivity contribution in [3.63, 3.8) is 0 Å². The van der Waals surface area contributed by atoms with Gasteiger partial charge in [0.15, 0.2) is 16.6 Å². The summed E-state index contributed by atoms with van der Waals surface area (Å²) in [5.74, 6) is 1.01. The lowest BCUT2D eigenvalue weighted by Gasteiger charge is -2.19. The predicted molar refractivity (Wildman–Crippen MR) is 93.7 cm³/mol. The second-order valence-electron chi connectivity index (χ2n) is 4.94. The van der Waals surface area contributed by atoms with Crippen LogP contribution in [-0.4, -0.2) is 19.3 Å². The fourth-order valence-corrected chi connectivity index (χ4v) is 2.43. The maximum atomic E-state index is 13.2. The first-order valence-corrected chi connectivity index (χ1v) is 7.49. The van der Waals surface area contributed by atoms with Gasteiger partial charge < -0.3 is 20.1 Å². The van der Waals surface area contributed by atoms with Crippen molar-refractivity contribution in [2.24, 2.45) is 0 Å². The van der Waals surface area contributed by atoms with Gasteiger partial charge >= 0.3 is 0 Å². The molecule has 0 fully saturated rings. The van der Waals surface area contributed by atoms with Crippen LogP contribution < -0.4 is 20.1 Å². The van der Waals surface area contributed by atoms with Gasteiger partial charge in [0.1, 0.15) is 5.82 Å². The first kappa shape index (κ1) is 17.0. The smallest absolute Gasteiger partial charge is 0.171 e. The molecular formula is C17H19FN2O2S. The van der Waals surface area contributed by atoms with Gasteiger partial charge in [-0.1, -0.05) is 12.1 Å². The number of thiocarbonyl (C=S) groups is 1. The van der Waals surface area contributed by atoms with Crippen LogP contribution in [-0.2, 0) is 0 Å². The Morgan fingerprint density at radius 1 is 1.09 bits per heavy atom. The van der Waals surface area contributed by atoms with E-state index < -0.39 is 0 Å². The topological polar surface area (TPSA) is 42.5 Å². The predicted octanol–water partition coefficient (Wildman–Crippen LogP) is 3.89. The molecule has 0 aromatic heterocycles. The average Bonchev–Trinajstić information content (AvgIpc) is 2.53. The Morgan fingerprint density at radius 2 is 1.83 bits per heavy atom. The molecule has 0 aliphatic carbocycles. The number of anilines is 1. The maximum absolute atomic E-state index is 13.2. The number of methoxy groups -OCH3 is 2. The third-order valence-electron chi connectivity index (χ3n) is 3.34. The third kappa shape index (κ3) is 4.56. The maximum Gasteiger partial charge on any atom is 0.171 e. The summed E-state index contributed by atoms with van der Waals surface area (Å²) in [7, 11) is 3.19. The number of hydrogen-bond acceptors (Lipinski definition) is 3. The van der Waals surface area contributed by atoms with Gasteiger partial charge in [-0.25, -0.2) is 4.39 Å². The van der Waals surface area contributed by atoms with Crippen molar-refractivity contribution in [2.75, 3.05) is 19.5 Å². The fraction of sp³-hybridized carbons (Fsp3) is 0.235. The van der Waals surface area contributed by atoms with E-state index in [1.807, 2.05) is 25.1 Å². The molecule has 0 aliphatic heterocycles. The van der Waals surface area contributed by atoms with Gasteiger partial charge in [0.2, 0.25) is 0 Å². The third-order valence-corrected chi connectivity index (χ3v) is 3.56. The van der Waals surface area contributed by atoms with Gasteiger partial charge in [0.25, 0.3) is 0 Å². The summed E-state index contributed by atoms with van der Waals surface area (Å²) in [5.41, 5.74) is 1.59. The number of hydrogen-bond donors (Lipinski definition) is 2. The summed E-state index contributed by atoms with van der Waals surface area (Å²) >= 11 is 5.26. The summed E-state index contributed by atoms with van der Waals surface area (Å²) in [4.78, 5) is 0. The minimum absolute atomic E-state index is 0.0524. The number of rotatable bonds is 5. The number of ether oxygens (including phenoxy) is 2. The fourth-order valence-electron chi connectivity index (χ4n) is 2.14. The van der Waals surface area contributed by atoms with E-state index in [1.165, 1.54) is 12.1 Å². The van der Waals surface area contributed by atoms with Gasteiger partial charge in [0.05, 0.1) is 20.3 Å². The largest absolute Gasteiger partial charge is 0.493 e. The van der Waals surface area contributed by atoms with Crippen molar-refractivity contribution in [3.8, 4) is 11.5 Å². The van der Waals surface area contributed by atoms with Crippen LogP contribution in [0, 0.1) is 5.82 Å². The molecular weight excluding hydrogens is 315 g/mol. The molecule has 6 heteroatoms. The molecule has 2 N–H and O–H groups in total. The standard InChI is InChI=1S/C17H19FN2O2S/c1-11(12-7-8-15(21-2)16(9-12)22-3)19-17(23)20-14-6-4-5-13(18)10-14/h4-11H,1-3H3,(H2,19,20,23). The molecule has 0 saturated heterocycles. The molecule has 4 nitrogen and oxygen atoms in total. The molecule has 23 heavy (non-hydrogen) atoms. The van der Waals surface area contributed by atoms with Crippen LogP contribution in [0.2, 0.25) is 0 Å². The number of halogens is 1. The molecule has 0 radical (unpaired) electrons. The summed E-state index contributed by atoms with van der Waals surface area (Å²) < 4.78 is 23.7. The van der Waals surface area contributed by atoms with Gasteiger partial charge in [-0.15, -0.1) is 0 Å². The van der Waals surface area contributed by atoms with E-state index in [9.17, 15) is 4.39 Å². The molecule has 0 saturated carbocycles. The Bertz CT molecular complexity index is 694. The van der Waals surface area contributed by atoms with Crippen LogP contribution in [0.25, 0.3) is 0 Å². The Hall–Kier alpha value is -2.34. The molecule has 2 rings (SSSR count). The Balaban J connectivity index is 2.03. The van der Waals surface area contributed by atoms with E-state index in [-0.39, 0.29) is 11.9 Å². The summed E-state index contributed by atoms with van der Waals surface area (Å²) in [6, 6.07) is 11.8. The summed E-state index contributed by atoms with van der Waals surface area (Å²) in [6.07, 6.45) is 0. The van der Waals surface area contributed by atoms with Crippen LogP contribution in [0.5, 0.6) is 11.5 Å². The molecule has 0 bridgehead atoms. The van der Waals surface area contributed by atoms with Crippen LogP contribution in [0.1, 0.15) is 18.5 Å². The minimum Gasteiger partial charge on any atom is -0.493 e. The van der Waals surface area contributed by atoms with E-state index >= 15 is 0 Å². The Labute approximate surface area is 140 Å². The lowest BCUT2D eigenvalue weighted by molar-refractivity contribution is 0.354. The van der Waals surface area contributed by atoms with Gasteiger partial charge in [-0.3, -0.25) is 0 Å². The molecule has 1 unspecified atom stereocenters. The first-order chi connectivity index (χ1) is 11.0. The molecule has 0 spiro atoms. The number of benzene rings is 2. The van der Waals surface area contributed by atoms with E-state index in [0.29, 0.717) is 22.3 Å². The van der Waals surface area contributed by atoms with Crippen molar-refractivity contribution in [1.82, 2.24) is 5.32 Å². The van der Waals surface area contributed by atoms with Crippen LogP contribution in [0.15, 0.2) is 42.5 Å². The van der Waals surface area contributed by atoms with E-state index in [4.69, 9.17) is 21.7 Å². The SMILES string of the molecule is COc1ccc(C(C)NC(=S)Nc2cccc(F)c2)cc1OC. The quantitative estimate of drug-likeness (QED) is 0.812. The molecule has 122 valence electrons. The monoisotopic (exact) mass is 334 g/mol. The molecule has 2 aromatic carbocycles. The highest BCUT2D eigenvalue weighted by Gasteiger charge is 2.11. The highest BCUT2D eigenvalue weighted by atomic mass is 32.1. The Morgan fingerprint density at radius 3 is 2.48 bits per heavy atom. The van der Waals surface area contributed by atoms with Gasteiger partial charge in [-0.05, 0) is 55.0 Å². The van der Waals surface area contributed by atoms with Crippen molar-refractivity contribution in [2.45, 2.75) is 13.0 Å². The molecule has 2 aromatic rings. The Kier molecular flexibility index (Phi) is 5.76. The van der Waals surface area contributed by atoms with Gasteiger partial charge in [-0.2, -0.15) is 0 Å². The van der Waals surface area contributed by atoms with Crippen LogP contribution in [0.4, 0.5) is 10.1 Å². The van der Waals surface area contributed by atoms with Gasteiger partial charge in [0, 0.05) is 5.69 Å². The van der Waals surface area contributed by atoms with Crippen molar-refractivity contribution < 1.29 is 13.9 Å². The molecule has 0 heterocycles. The molecule has 0 aliphatic rings. The lowest BCUT2D eigenvalue weighted by atomic mass is 10.1. The number of nitrogens with one attached hydrogen (secondary N) is 2. The highest BCUT2D eigenvalue weighted by Crippen LogP contribution is 2.29. The van der Waals surface area contributed by atoms with Crippen LogP contribution >= 0.6 is 12.2 Å². The lowest BCUT2D eigenvalue weighted by Crippen LogP contribution is -2.30. The van der Waals surface area contributed by atoms with E-state index in [2.05, 4.69) is 10.6 Å². The summed E-state index contributed by atoms with van der Waals surface area (Å²) in [5, 5.41) is 6.53. The normalized spacial score (nSPS) is 11.5. The highest BCUT2D eigenvalue weighted by molar-refractivity contribution is 7.80. The second-order valence-corrected chi connectivity index (χ2v) is 5.35. The zero-order chi connectivity index (χ0) is 16.8. The van der Waals surface area contributed by atoms with E-state index in [0.717, 1.165) is 5.56 Å². The van der Waals surface area contributed by atoms with Crippen molar-refractivity contribution in [3.05, 3.63) is 53.8 Å². The molecule has 1 atom stereocenters. The zero-order valence-electron chi connectivity index (χ0n) is 13.2.